The van der Waals surface area contributed by atoms with E-state index in [1.165, 1.54) is 0 Å². The second kappa shape index (κ2) is 7.71. The van der Waals surface area contributed by atoms with E-state index in [2.05, 4.69) is 0 Å². The van der Waals surface area contributed by atoms with Crippen LogP contribution in [0.5, 0.6) is 5.75 Å². The van der Waals surface area contributed by atoms with Crippen LogP contribution < -0.4 is 4.74 Å². The van der Waals surface area contributed by atoms with Gasteiger partial charge in [-0.3, -0.25) is 4.79 Å². The molecule has 0 aliphatic heterocycles. The molecule has 4 aromatic rings. The molecule has 0 aliphatic rings. The zero-order valence-corrected chi connectivity index (χ0v) is 15.0. The molecule has 4 rings (SSSR count). The van der Waals surface area contributed by atoms with Crippen LogP contribution in [0.4, 0.5) is 8.78 Å². The van der Waals surface area contributed by atoms with Crippen molar-refractivity contribution in [3.63, 3.8) is 0 Å². The van der Waals surface area contributed by atoms with E-state index in [0.29, 0.717) is 11.3 Å². The first-order valence-corrected chi connectivity index (χ1v) is 8.69. The van der Waals surface area contributed by atoms with Gasteiger partial charge in [0.1, 0.15) is 28.5 Å². The van der Waals surface area contributed by atoms with Crippen LogP contribution in [0.25, 0.3) is 21.9 Å². The molecule has 1 heterocycles. The summed E-state index contributed by atoms with van der Waals surface area (Å²) in [7, 11) is 0. The van der Waals surface area contributed by atoms with E-state index in [1.807, 2.05) is 24.3 Å². The molecule has 0 spiro atoms. The second-order valence-electron chi connectivity index (χ2n) is 6.25. The van der Waals surface area contributed by atoms with Crippen LogP contribution in [0.15, 0.2) is 65.1 Å². The lowest BCUT2D eigenvalue weighted by molar-refractivity contribution is -0.144. The fraction of sp³-hybridized carbons (Fsp3) is 0.0909. The number of esters is 1. The number of carbonyl (C=O) groups is 2. The van der Waals surface area contributed by atoms with Crippen molar-refractivity contribution in [2.75, 3.05) is 13.2 Å². The third-order valence-corrected chi connectivity index (χ3v) is 4.30. The first-order chi connectivity index (χ1) is 14.0. The van der Waals surface area contributed by atoms with Crippen LogP contribution in [-0.4, -0.2) is 25.0 Å². The number of para-hydroxylation sites is 1. The van der Waals surface area contributed by atoms with Gasteiger partial charge in [0.05, 0.1) is 5.56 Å². The second-order valence-corrected chi connectivity index (χ2v) is 6.25. The summed E-state index contributed by atoms with van der Waals surface area (Å²) in [4.78, 5) is 23.7. The standard InChI is InChI=1S/C22H14F2O5/c23-13-5-7-18(24)17(9-13)19(25)11-28-22(26)12-27-14-6-8-21-16(10-14)15-3-1-2-4-20(15)29-21/h1-10H,11-12H2. The molecule has 146 valence electrons. The van der Waals surface area contributed by atoms with Crippen molar-refractivity contribution in [3.8, 4) is 5.75 Å². The van der Waals surface area contributed by atoms with Crippen molar-refractivity contribution in [3.05, 3.63) is 77.9 Å². The van der Waals surface area contributed by atoms with E-state index in [4.69, 9.17) is 13.9 Å². The van der Waals surface area contributed by atoms with Crippen LogP contribution in [0.3, 0.4) is 0 Å². The summed E-state index contributed by atoms with van der Waals surface area (Å²) >= 11 is 0. The van der Waals surface area contributed by atoms with Gasteiger partial charge in [-0.25, -0.2) is 13.6 Å². The Morgan fingerprint density at radius 3 is 2.52 bits per heavy atom. The summed E-state index contributed by atoms with van der Waals surface area (Å²) in [6.07, 6.45) is 0. The molecule has 3 aromatic carbocycles. The summed E-state index contributed by atoms with van der Waals surface area (Å²) < 4.78 is 42.6. The molecule has 29 heavy (non-hydrogen) atoms. The Balaban J connectivity index is 1.37. The molecule has 0 amide bonds. The Morgan fingerprint density at radius 1 is 0.862 bits per heavy atom. The molecule has 0 unspecified atom stereocenters. The Kier molecular flexibility index (Phi) is 4.95. The lowest BCUT2D eigenvalue weighted by atomic mass is 10.1. The maximum atomic E-state index is 13.6. The Bertz CT molecular complexity index is 1230. The molecule has 0 saturated heterocycles. The minimum Gasteiger partial charge on any atom is -0.482 e. The topological polar surface area (TPSA) is 65.7 Å². The summed E-state index contributed by atoms with van der Waals surface area (Å²) in [5.41, 5.74) is 0.946. The van der Waals surface area contributed by atoms with E-state index < -0.39 is 42.2 Å². The average Bonchev–Trinajstić information content (AvgIpc) is 3.10. The van der Waals surface area contributed by atoms with Crippen LogP contribution in [0.1, 0.15) is 10.4 Å². The molecular formula is C22H14F2O5. The predicted octanol–water partition coefficient (Wildman–Crippen LogP) is 4.67. The van der Waals surface area contributed by atoms with Crippen molar-refractivity contribution < 1.29 is 32.3 Å². The zero-order valence-electron chi connectivity index (χ0n) is 15.0. The van der Waals surface area contributed by atoms with Crippen LogP contribution in [0, 0.1) is 11.6 Å². The van der Waals surface area contributed by atoms with Crippen molar-refractivity contribution >= 4 is 33.7 Å². The highest BCUT2D eigenvalue weighted by Gasteiger charge is 2.16. The summed E-state index contributed by atoms with van der Waals surface area (Å²) in [6, 6.07) is 15.1. The van der Waals surface area contributed by atoms with E-state index in [9.17, 15) is 18.4 Å². The lowest BCUT2D eigenvalue weighted by Crippen LogP contribution is -2.20. The summed E-state index contributed by atoms with van der Waals surface area (Å²) in [5.74, 6) is -2.88. The lowest BCUT2D eigenvalue weighted by Gasteiger charge is -2.07. The molecule has 1 aromatic heterocycles. The van der Waals surface area contributed by atoms with Gasteiger partial charge in [0, 0.05) is 10.8 Å². The summed E-state index contributed by atoms with van der Waals surface area (Å²) in [6.45, 7) is -1.16. The van der Waals surface area contributed by atoms with E-state index in [-0.39, 0.29) is 0 Å². The van der Waals surface area contributed by atoms with Gasteiger partial charge in [0.25, 0.3) is 0 Å². The largest absolute Gasteiger partial charge is 0.482 e. The fourth-order valence-electron chi connectivity index (χ4n) is 2.91. The third-order valence-electron chi connectivity index (χ3n) is 4.30. The number of carbonyl (C=O) groups excluding carboxylic acids is 2. The van der Waals surface area contributed by atoms with Crippen molar-refractivity contribution in [1.29, 1.82) is 0 Å². The first kappa shape index (κ1) is 18.6. The number of ether oxygens (including phenoxy) is 2. The maximum Gasteiger partial charge on any atom is 0.344 e. The van der Waals surface area contributed by atoms with Gasteiger partial charge in [-0.2, -0.15) is 0 Å². The highest BCUT2D eigenvalue weighted by molar-refractivity contribution is 6.05. The molecule has 0 atom stereocenters. The number of ketones is 1. The molecule has 0 N–H and O–H groups in total. The smallest absolute Gasteiger partial charge is 0.344 e. The highest BCUT2D eigenvalue weighted by Crippen LogP contribution is 2.31. The van der Waals surface area contributed by atoms with E-state index in [0.717, 1.165) is 34.6 Å². The third kappa shape index (κ3) is 3.94. The van der Waals surface area contributed by atoms with Crippen molar-refractivity contribution in [2.45, 2.75) is 0 Å². The predicted molar refractivity (Wildman–Crippen MR) is 101 cm³/mol. The maximum absolute atomic E-state index is 13.6. The number of Topliss-reactive ketones (excluding diaryl/α,β-unsaturated/α-hetero) is 1. The minimum absolute atomic E-state index is 0.420. The molecule has 0 aliphatic carbocycles. The molecule has 0 saturated carbocycles. The monoisotopic (exact) mass is 396 g/mol. The zero-order chi connectivity index (χ0) is 20.4. The highest BCUT2D eigenvalue weighted by atomic mass is 19.1. The SMILES string of the molecule is O=C(COc1ccc2oc3ccccc3c2c1)OCC(=O)c1cc(F)ccc1F. The molecular weight excluding hydrogens is 382 g/mol. The number of halogens is 2. The molecule has 0 bridgehead atoms. The van der Waals surface area contributed by atoms with E-state index in [1.54, 1.807) is 18.2 Å². The summed E-state index contributed by atoms with van der Waals surface area (Å²) in [5, 5.41) is 1.75. The minimum atomic E-state index is -0.885. The molecule has 0 radical (unpaired) electrons. The fourth-order valence-corrected chi connectivity index (χ4v) is 2.91. The number of benzene rings is 3. The van der Waals surface area contributed by atoms with Gasteiger partial charge < -0.3 is 13.9 Å². The molecule has 7 heteroatoms. The van der Waals surface area contributed by atoms with Gasteiger partial charge in [-0.05, 0) is 42.5 Å². The number of rotatable bonds is 6. The van der Waals surface area contributed by atoms with Gasteiger partial charge in [0.2, 0.25) is 5.78 Å². The quantitative estimate of drug-likeness (QED) is 0.350. The number of hydrogen-bond donors (Lipinski definition) is 0. The Hall–Kier alpha value is -3.74. The number of hydrogen-bond acceptors (Lipinski definition) is 5. The number of fused-ring (bicyclic) bond motifs is 3. The van der Waals surface area contributed by atoms with Crippen molar-refractivity contribution in [1.82, 2.24) is 0 Å². The van der Waals surface area contributed by atoms with Gasteiger partial charge in [0.15, 0.2) is 13.2 Å². The average molecular weight is 396 g/mol. The van der Waals surface area contributed by atoms with Crippen LogP contribution >= 0.6 is 0 Å². The Labute approximate surface area is 163 Å². The van der Waals surface area contributed by atoms with Crippen LogP contribution in [-0.2, 0) is 9.53 Å². The van der Waals surface area contributed by atoms with Gasteiger partial charge in [-0.1, -0.05) is 18.2 Å². The van der Waals surface area contributed by atoms with Crippen molar-refractivity contribution in [2.24, 2.45) is 0 Å². The normalized spacial score (nSPS) is 11.0. The van der Waals surface area contributed by atoms with Crippen LogP contribution in [0.2, 0.25) is 0 Å². The molecule has 5 nitrogen and oxygen atoms in total. The van der Waals surface area contributed by atoms with Gasteiger partial charge in [-0.15, -0.1) is 0 Å². The Morgan fingerprint density at radius 2 is 1.66 bits per heavy atom. The first-order valence-electron chi connectivity index (χ1n) is 8.69. The van der Waals surface area contributed by atoms with E-state index >= 15 is 0 Å². The number of furan rings is 1. The molecule has 0 fully saturated rings. The van der Waals surface area contributed by atoms with Gasteiger partial charge >= 0.3 is 5.97 Å².